The highest BCUT2D eigenvalue weighted by molar-refractivity contribution is 7.11. The Balaban J connectivity index is 2.50. The molecule has 90 valence electrons. The summed E-state index contributed by atoms with van der Waals surface area (Å²) in [5.74, 6) is 0.820. The van der Waals surface area contributed by atoms with Crippen molar-refractivity contribution in [3.8, 4) is 0 Å². The Kier molecular flexibility index (Phi) is 4.73. The van der Waals surface area contributed by atoms with E-state index in [1.54, 1.807) is 18.4 Å². The summed E-state index contributed by atoms with van der Waals surface area (Å²) in [5.41, 5.74) is 1.12. The lowest BCUT2D eigenvalue weighted by Crippen LogP contribution is -2.40. The number of hydrogen-bond acceptors (Lipinski definition) is 3. The Hall–Kier alpha value is -1.10. The smallest absolute Gasteiger partial charge is 0.191 e. The van der Waals surface area contributed by atoms with Crippen molar-refractivity contribution in [2.75, 3.05) is 7.05 Å². The van der Waals surface area contributed by atoms with Crippen molar-refractivity contribution in [2.24, 2.45) is 4.99 Å². The molecule has 1 aromatic rings. The molecule has 2 N–H and O–H groups in total. The number of thiazole rings is 1. The van der Waals surface area contributed by atoms with Crippen LogP contribution < -0.4 is 10.6 Å². The molecule has 1 aromatic heterocycles. The van der Waals surface area contributed by atoms with E-state index in [2.05, 4.69) is 41.4 Å². The minimum atomic E-state index is 0.381. The van der Waals surface area contributed by atoms with Crippen molar-refractivity contribution in [1.29, 1.82) is 0 Å². The Morgan fingerprint density at radius 3 is 2.56 bits per heavy atom. The molecule has 16 heavy (non-hydrogen) atoms. The quantitative estimate of drug-likeness (QED) is 0.626. The number of hydrogen-bond donors (Lipinski definition) is 2. The van der Waals surface area contributed by atoms with Gasteiger partial charge in [-0.05, 0) is 27.7 Å². The lowest BCUT2D eigenvalue weighted by molar-refractivity contribution is 0.698. The third kappa shape index (κ3) is 3.81. The molecule has 0 aliphatic heterocycles. The van der Waals surface area contributed by atoms with Gasteiger partial charge in [-0.1, -0.05) is 0 Å². The highest BCUT2D eigenvalue weighted by Crippen LogP contribution is 2.15. The minimum absolute atomic E-state index is 0.381. The molecule has 4 nitrogen and oxygen atoms in total. The van der Waals surface area contributed by atoms with Gasteiger partial charge in [-0.15, -0.1) is 11.3 Å². The first-order chi connectivity index (χ1) is 7.52. The van der Waals surface area contributed by atoms with Crippen LogP contribution in [0.25, 0.3) is 0 Å². The SMILES string of the molecule is CN=C(NCc1nc(C)c(C)s1)NC(C)C. The first-order valence-corrected chi connectivity index (χ1v) is 6.24. The predicted molar refractivity (Wildman–Crippen MR) is 70.1 cm³/mol. The van der Waals surface area contributed by atoms with Gasteiger partial charge < -0.3 is 10.6 Å². The van der Waals surface area contributed by atoms with E-state index in [1.165, 1.54) is 4.88 Å². The van der Waals surface area contributed by atoms with Crippen LogP contribution in [-0.2, 0) is 6.54 Å². The Morgan fingerprint density at radius 2 is 2.12 bits per heavy atom. The van der Waals surface area contributed by atoms with Crippen LogP contribution in [0, 0.1) is 13.8 Å². The Bertz CT molecular complexity index is 349. The molecule has 0 atom stereocenters. The van der Waals surface area contributed by atoms with Crippen LogP contribution in [0.2, 0.25) is 0 Å². The van der Waals surface area contributed by atoms with E-state index in [-0.39, 0.29) is 0 Å². The van der Waals surface area contributed by atoms with E-state index in [1.807, 2.05) is 6.92 Å². The zero-order valence-corrected chi connectivity index (χ0v) is 11.4. The van der Waals surface area contributed by atoms with Gasteiger partial charge in [0.2, 0.25) is 0 Å². The molecule has 0 saturated carbocycles. The highest BCUT2D eigenvalue weighted by atomic mass is 32.1. The number of aryl methyl sites for hydroxylation is 2. The summed E-state index contributed by atoms with van der Waals surface area (Å²) in [4.78, 5) is 9.89. The van der Waals surface area contributed by atoms with Crippen LogP contribution in [0.5, 0.6) is 0 Å². The van der Waals surface area contributed by atoms with Crippen LogP contribution >= 0.6 is 11.3 Å². The largest absolute Gasteiger partial charge is 0.354 e. The summed E-state index contributed by atoms with van der Waals surface area (Å²) in [6.07, 6.45) is 0. The average Bonchev–Trinajstić information content (AvgIpc) is 2.53. The van der Waals surface area contributed by atoms with Crippen molar-refractivity contribution in [2.45, 2.75) is 40.3 Å². The van der Waals surface area contributed by atoms with Crippen LogP contribution in [0.4, 0.5) is 0 Å². The van der Waals surface area contributed by atoms with Gasteiger partial charge in [-0.25, -0.2) is 4.98 Å². The molecule has 1 rings (SSSR count). The van der Waals surface area contributed by atoms with Gasteiger partial charge in [0.25, 0.3) is 0 Å². The van der Waals surface area contributed by atoms with Crippen molar-refractivity contribution >= 4 is 17.3 Å². The van der Waals surface area contributed by atoms with E-state index < -0.39 is 0 Å². The zero-order valence-electron chi connectivity index (χ0n) is 10.6. The third-order valence-electron chi connectivity index (χ3n) is 2.13. The summed E-state index contributed by atoms with van der Waals surface area (Å²) >= 11 is 1.73. The molecule has 0 aromatic carbocycles. The summed E-state index contributed by atoms with van der Waals surface area (Å²) in [6.45, 7) is 9.04. The number of nitrogens with zero attached hydrogens (tertiary/aromatic N) is 2. The fraction of sp³-hybridized carbons (Fsp3) is 0.636. The molecule has 0 unspecified atom stereocenters. The summed E-state index contributed by atoms with van der Waals surface area (Å²) in [7, 11) is 1.77. The van der Waals surface area contributed by atoms with Gasteiger partial charge in [-0.2, -0.15) is 0 Å². The summed E-state index contributed by atoms with van der Waals surface area (Å²) < 4.78 is 0. The normalized spacial score (nSPS) is 12.0. The molecule has 0 spiro atoms. The van der Waals surface area contributed by atoms with Gasteiger partial charge in [-0.3, -0.25) is 4.99 Å². The second-order valence-corrected chi connectivity index (χ2v) is 5.26. The summed E-state index contributed by atoms with van der Waals surface area (Å²) in [5, 5.41) is 7.58. The maximum Gasteiger partial charge on any atom is 0.191 e. The highest BCUT2D eigenvalue weighted by Gasteiger charge is 2.05. The van der Waals surface area contributed by atoms with Crippen molar-refractivity contribution < 1.29 is 0 Å². The second-order valence-electron chi connectivity index (χ2n) is 3.97. The molecular formula is C11H20N4S. The number of rotatable bonds is 3. The second kappa shape index (κ2) is 5.84. The van der Waals surface area contributed by atoms with Gasteiger partial charge >= 0.3 is 0 Å². The van der Waals surface area contributed by atoms with E-state index in [4.69, 9.17) is 0 Å². The average molecular weight is 240 g/mol. The lowest BCUT2D eigenvalue weighted by Gasteiger charge is -2.13. The van der Waals surface area contributed by atoms with E-state index in [0.717, 1.165) is 23.2 Å². The number of aromatic nitrogens is 1. The van der Waals surface area contributed by atoms with Gasteiger partial charge in [0.15, 0.2) is 5.96 Å². The monoisotopic (exact) mass is 240 g/mol. The molecule has 0 saturated heterocycles. The molecule has 1 heterocycles. The predicted octanol–water partition coefficient (Wildman–Crippen LogP) is 1.83. The Morgan fingerprint density at radius 1 is 1.44 bits per heavy atom. The molecular weight excluding hydrogens is 220 g/mol. The maximum absolute atomic E-state index is 4.47. The summed E-state index contributed by atoms with van der Waals surface area (Å²) in [6, 6.07) is 0.381. The molecule has 0 aliphatic carbocycles. The van der Waals surface area contributed by atoms with Crippen molar-refractivity contribution in [3.05, 3.63) is 15.6 Å². The van der Waals surface area contributed by atoms with Crippen LogP contribution in [0.15, 0.2) is 4.99 Å². The van der Waals surface area contributed by atoms with Crippen LogP contribution in [0.1, 0.15) is 29.4 Å². The van der Waals surface area contributed by atoms with Crippen LogP contribution in [-0.4, -0.2) is 24.0 Å². The van der Waals surface area contributed by atoms with Gasteiger partial charge in [0.1, 0.15) is 5.01 Å². The van der Waals surface area contributed by atoms with Crippen LogP contribution in [0.3, 0.4) is 0 Å². The number of guanidine groups is 1. The minimum Gasteiger partial charge on any atom is -0.354 e. The Labute approximate surface area is 101 Å². The zero-order chi connectivity index (χ0) is 12.1. The fourth-order valence-electron chi connectivity index (χ4n) is 1.24. The van der Waals surface area contributed by atoms with E-state index in [0.29, 0.717) is 6.04 Å². The molecule has 0 radical (unpaired) electrons. The fourth-order valence-corrected chi connectivity index (χ4v) is 2.12. The lowest BCUT2D eigenvalue weighted by atomic mass is 10.4. The van der Waals surface area contributed by atoms with Gasteiger partial charge in [0, 0.05) is 18.0 Å². The van der Waals surface area contributed by atoms with E-state index >= 15 is 0 Å². The molecule has 0 fully saturated rings. The molecule has 0 bridgehead atoms. The van der Waals surface area contributed by atoms with E-state index in [9.17, 15) is 0 Å². The number of nitrogens with one attached hydrogen (secondary N) is 2. The maximum atomic E-state index is 4.47. The molecule has 5 heteroatoms. The first kappa shape index (κ1) is 13.0. The topological polar surface area (TPSA) is 49.3 Å². The first-order valence-electron chi connectivity index (χ1n) is 5.43. The van der Waals surface area contributed by atoms with Gasteiger partial charge in [0.05, 0.1) is 12.2 Å². The van der Waals surface area contributed by atoms with Crippen molar-refractivity contribution in [1.82, 2.24) is 15.6 Å². The molecule has 0 aliphatic rings. The third-order valence-corrected chi connectivity index (χ3v) is 3.20. The molecule has 0 amide bonds. The standard InChI is InChI=1S/C11H20N4S/c1-7(2)14-11(12-5)13-6-10-15-8(3)9(4)16-10/h7H,6H2,1-5H3,(H2,12,13,14). The number of aliphatic imine (C=N–C) groups is 1. The van der Waals surface area contributed by atoms with Crippen molar-refractivity contribution in [3.63, 3.8) is 0 Å².